The van der Waals surface area contributed by atoms with Crippen LogP contribution < -0.4 is 0 Å². The maximum Gasteiger partial charge on any atom is 0.302 e. The second-order valence-corrected chi connectivity index (χ2v) is 4.59. The van der Waals surface area contributed by atoms with E-state index in [1.54, 1.807) is 0 Å². The van der Waals surface area contributed by atoms with Crippen molar-refractivity contribution in [2.24, 2.45) is 0 Å². The summed E-state index contributed by atoms with van der Waals surface area (Å²) in [6.07, 6.45) is 4.08. The molecule has 0 unspecified atom stereocenters. The lowest BCUT2D eigenvalue weighted by Gasteiger charge is -2.20. The molecule has 0 bridgehead atoms. The van der Waals surface area contributed by atoms with E-state index in [-0.39, 0.29) is 11.9 Å². The fraction of sp³-hybridized carbons (Fsp3) is 0.733. The zero-order chi connectivity index (χ0) is 16.1. The molecule has 0 heterocycles. The lowest BCUT2D eigenvalue weighted by atomic mass is 10.4. The summed E-state index contributed by atoms with van der Waals surface area (Å²) in [6.45, 7) is 11.7. The van der Waals surface area contributed by atoms with E-state index in [1.165, 1.54) is 13.8 Å². The third-order valence-corrected chi connectivity index (χ3v) is 2.93. The molecule has 0 aromatic carbocycles. The summed E-state index contributed by atoms with van der Waals surface area (Å²) in [4.78, 5) is 25.7. The lowest BCUT2D eigenvalue weighted by Crippen LogP contribution is -2.29. The zero-order valence-corrected chi connectivity index (χ0v) is 13.6. The van der Waals surface area contributed by atoms with Crippen LogP contribution in [0.2, 0.25) is 0 Å². The number of hydrogen-bond donors (Lipinski definition) is 0. The van der Waals surface area contributed by atoms with Gasteiger partial charge in [-0.05, 0) is 19.7 Å². The Morgan fingerprint density at radius 3 is 2.00 bits per heavy atom. The van der Waals surface area contributed by atoms with Crippen LogP contribution in [-0.2, 0) is 19.1 Å². The smallest absolute Gasteiger partial charge is 0.302 e. The van der Waals surface area contributed by atoms with Crippen LogP contribution in [0.4, 0.5) is 0 Å². The Hall–Kier alpha value is -1.56. The molecule has 0 atom stereocenters. The number of carbonyl (C=O) groups is 2. The predicted molar refractivity (Wildman–Crippen MR) is 81.8 cm³/mol. The molecule has 122 valence electrons. The monoisotopic (exact) mass is 300 g/mol. The third kappa shape index (κ3) is 11.9. The van der Waals surface area contributed by atoms with Gasteiger partial charge in [-0.3, -0.25) is 14.5 Å². The normalized spacial score (nSPS) is 10.9. The fourth-order valence-corrected chi connectivity index (χ4v) is 1.69. The Balaban J connectivity index is 3.99. The number of carbonyl (C=O) groups excluding carboxylic acids is 2. The van der Waals surface area contributed by atoms with Crippen LogP contribution in [-0.4, -0.2) is 67.7 Å². The molecule has 0 rings (SSSR count). The molecule has 0 saturated heterocycles. The van der Waals surface area contributed by atoms with E-state index >= 15 is 0 Å². The first kappa shape index (κ1) is 19.4. The first-order valence-electron chi connectivity index (χ1n) is 7.39. The van der Waals surface area contributed by atoms with Crippen LogP contribution in [0.5, 0.6) is 0 Å². The first-order valence-corrected chi connectivity index (χ1v) is 7.39. The van der Waals surface area contributed by atoms with Gasteiger partial charge in [0.2, 0.25) is 0 Å². The molecule has 0 aliphatic rings. The molecule has 6 nitrogen and oxygen atoms in total. The molecule has 0 saturated carbocycles. The highest BCUT2D eigenvalue weighted by molar-refractivity contribution is 5.66. The summed E-state index contributed by atoms with van der Waals surface area (Å²) in [7, 11) is 0. The summed E-state index contributed by atoms with van der Waals surface area (Å²) in [5, 5.41) is 0. The molecule has 0 aromatic heterocycles. The molecule has 0 N–H and O–H groups in total. The Morgan fingerprint density at radius 1 is 0.952 bits per heavy atom. The van der Waals surface area contributed by atoms with Crippen molar-refractivity contribution < 1.29 is 19.1 Å². The topological polar surface area (TPSA) is 59.1 Å². The van der Waals surface area contributed by atoms with Crippen molar-refractivity contribution in [3.05, 3.63) is 12.3 Å². The predicted octanol–water partition coefficient (Wildman–Crippen LogP) is 1.27. The lowest BCUT2D eigenvalue weighted by molar-refractivity contribution is -0.142. The molecular formula is C15H28N2O4. The quantitative estimate of drug-likeness (QED) is 0.536. The minimum Gasteiger partial charge on any atom is -0.465 e. The van der Waals surface area contributed by atoms with Crippen LogP contribution in [0.3, 0.4) is 0 Å². The van der Waals surface area contributed by atoms with Crippen molar-refractivity contribution in [1.29, 1.82) is 0 Å². The second kappa shape index (κ2) is 12.2. The molecule has 0 aliphatic carbocycles. The van der Waals surface area contributed by atoms with Crippen molar-refractivity contribution in [3.8, 4) is 0 Å². The minimum absolute atomic E-state index is 0.246. The van der Waals surface area contributed by atoms with Crippen molar-refractivity contribution in [2.75, 3.05) is 45.9 Å². The largest absolute Gasteiger partial charge is 0.465 e. The molecule has 0 radical (unpaired) electrons. The number of likely N-dealkylation sites (N-methyl/N-ethyl adjacent to an activating group) is 2. The maximum absolute atomic E-state index is 10.7. The molecule has 0 aromatic rings. The Labute approximate surface area is 127 Å². The van der Waals surface area contributed by atoms with Crippen molar-refractivity contribution in [1.82, 2.24) is 9.80 Å². The van der Waals surface area contributed by atoms with Gasteiger partial charge in [0.15, 0.2) is 0 Å². The van der Waals surface area contributed by atoms with Crippen LogP contribution in [0, 0.1) is 0 Å². The molecular weight excluding hydrogens is 272 g/mol. The van der Waals surface area contributed by atoms with Crippen molar-refractivity contribution in [3.63, 3.8) is 0 Å². The minimum atomic E-state index is -0.252. The molecule has 21 heavy (non-hydrogen) atoms. The SMILES string of the molecule is CCN(C=CCN(CC)CCOC(C)=O)CCOC(C)=O. The molecule has 0 fully saturated rings. The Bertz CT molecular complexity index is 332. The number of nitrogens with zero attached hydrogens (tertiary/aromatic N) is 2. The number of ether oxygens (including phenoxy) is 2. The molecule has 0 aliphatic heterocycles. The summed E-state index contributed by atoms with van der Waals surface area (Å²) >= 11 is 0. The highest BCUT2D eigenvalue weighted by Crippen LogP contribution is 1.94. The summed E-state index contributed by atoms with van der Waals surface area (Å²) in [6, 6.07) is 0. The van der Waals surface area contributed by atoms with E-state index in [2.05, 4.69) is 29.7 Å². The summed E-state index contributed by atoms with van der Waals surface area (Å²) in [5.41, 5.74) is 0. The standard InChI is InChI=1S/C15H28N2O4/c1-5-16(10-12-20-14(3)18)8-7-9-17(6-2)11-13-21-15(4)19/h7-8H,5-6,9-13H2,1-4H3. The van der Waals surface area contributed by atoms with Gasteiger partial charge in [0, 0.05) is 33.5 Å². The van der Waals surface area contributed by atoms with Crippen LogP contribution in [0.15, 0.2) is 12.3 Å². The van der Waals surface area contributed by atoms with Crippen LogP contribution >= 0.6 is 0 Å². The third-order valence-electron chi connectivity index (χ3n) is 2.93. The van der Waals surface area contributed by atoms with Gasteiger partial charge in [0.25, 0.3) is 0 Å². The van der Waals surface area contributed by atoms with Crippen molar-refractivity contribution in [2.45, 2.75) is 27.7 Å². The van der Waals surface area contributed by atoms with Gasteiger partial charge in [-0.2, -0.15) is 0 Å². The Kier molecular flexibility index (Phi) is 11.3. The number of rotatable bonds is 11. The van der Waals surface area contributed by atoms with Gasteiger partial charge in [-0.15, -0.1) is 0 Å². The Morgan fingerprint density at radius 2 is 1.52 bits per heavy atom. The summed E-state index contributed by atoms with van der Waals surface area (Å²) < 4.78 is 9.86. The maximum atomic E-state index is 10.7. The highest BCUT2D eigenvalue weighted by atomic mass is 16.5. The van der Waals surface area contributed by atoms with E-state index in [0.29, 0.717) is 19.8 Å². The second-order valence-electron chi connectivity index (χ2n) is 4.59. The first-order chi connectivity index (χ1) is 9.99. The van der Waals surface area contributed by atoms with E-state index in [9.17, 15) is 9.59 Å². The van der Waals surface area contributed by atoms with Gasteiger partial charge in [-0.25, -0.2) is 0 Å². The molecule has 6 heteroatoms. The van der Waals surface area contributed by atoms with Gasteiger partial charge in [0.05, 0.1) is 6.54 Å². The average Bonchev–Trinajstić information content (AvgIpc) is 2.43. The van der Waals surface area contributed by atoms with E-state index in [0.717, 1.165) is 26.2 Å². The van der Waals surface area contributed by atoms with Gasteiger partial charge >= 0.3 is 11.9 Å². The van der Waals surface area contributed by atoms with Crippen LogP contribution in [0.25, 0.3) is 0 Å². The van der Waals surface area contributed by atoms with E-state index in [1.807, 2.05) is 6.20 Å². The number of esters is 2. The van der Waals surface area contributed by atoms with Gasteiger partial charge in [-0.1, -0.05) is 13.0 Å². The molecule has 0 spiro atoms. The van der Waals surface area contributed by atoms with Crippen LogP contribution in [0.1, 0.15) is 27.7 Å². The van der Waals surface area contributed by atoms with Gasteiger partial charge in [0.1, 0.15) is 13.2 Å². The molecule has 0 amide bonds. The number of hydrogen-bond acceptors (Lipinski definition) is 6. The summed E-state index contributed by atoms with van der Waals surface area (Å²) in [5.74, 6) is -0.498. The van der Waals surface area contributed by atoms with Gasteiger partial charge < -0.3 is 14.4 Å². The zero-order valence-electron chi connectivity index (χ0n) is 13.6. The van der Waals surface area contributed by atoms with E-state index in [4.69, 9.17) is 9.47 Å². The highest BCUT2D eigenvalue weighted by Gasteiger charge is 2.02. The average molecular weight is 300 g/mol. The van der Waals surface area contributed by atoms with E-state index < -0.39 is 0 Å². The van der Waals surface area contributed by atoms with Crippen molar-refractivity contribution >= 4 is 11.9 Å². The fourth-order valence-electron chi connectivity index (χ4n) is 1.69.